The maximum Gasteiger partial charge on any atom is 0.416 e. The number of nitrogens with zero attached hydrogens (tertiary/aromatic N) is 2. The smallest absolute Gasteiger partial charge is 0.416 e. The van der Waals surface area contributed by atoms with E-state index in [0.717, 1.165) is 35.2 Å². The molecule has 0 bridgehead atoms. The Morgan fingerprint density at radius 1 is 1.03 bits per heavy atom. The number of rotatable bonds is 4. The second-order valence-electron chi connectivity index (χ2n) is 9.13. The molecular formula is C29H25F3N2O2. The molecule has 3 aromatic carbocycles. The number of hydrogen-bond acceptors (Lipinski definition) is 3. The highest BCUT2D eigenvalue weighted by Crippen LogP contribution is 2.36. The standard InChI is InChI=1S/C29H25F3N2O2/c1-18-10-12-21(13-11-18)27-24-9-4-3-6-20(24)14-15-34(27)26(35)17-25-19(2)36-28(33-25)22-7-5-8-23(16-22)29(30,31)32/h3-13,16,27H,14-15,17H2,1-2H3. The molecule has 0 N–H and O–H groups in total. The predicted molar refractivity (Wildman–Crippen MR) is 130 cm³/mol. The summed E-state index contributed by atoms with van der Waals surface area (Å²) in [5.74, 6) is 0.377. The second-order valence-corrected chi connectivity index (χ2v) is 9.13. The largest absolute Gasteiger partial charge is 0.441 e. The molecule has 1 aromatic heterocycles. The first kappa shape index (κ1) is 23.9. The van der Waals surface area contributed by atoms with Gasteiger partial charge in [0.05, 0.1) is 23.7 Å². The predicted octanol–water partition coefficient (Wildman–Crippen LogP) is 6.69. The van der Waals surface area contributed by atoms with Gasteiger partial charge in [0.25, 0.3) is 0 Å². The Morgan fingerprint density at radius 3 is 2.53 bits per heavy atom. The minimum atomic E-state index is -4.47. The van der Waals surface area contributed by atoms with Gasteiger partial charge in [-0.25, -0.2) is 4.98 Å². The van der Waals surface area contributed by atoms with Crippen LogP contribution in [0.15, 0.2) is 77.2 Å². The quantitative estimate of drug-likeness (QED) is 0.320. The van der Waals surface area contributed by atoms with Crippen LogP contribution >= 0.6 is 0 Å². The molecule has 0 aliphatic carbocycles. The van der Waals surface area contributed by atoms with Crippen molar-refractivity contribution < 1.29 is 22.4 Å². The number of carbonyl (C=O) groups is 1. The fourth-order valence-electron chi connectivity index (χ4n) is 4.73. The van der Waals surface area contributed by atoms with Gasteiger partial charge in [-0.2, -0.15) is 13.2 Å². The van der Waals surface area contributed by atoms with Crippen LogP contribution in [-0.4, -0.2) is 22.3 Å². The van der Waals surface area contributed by atoms with E-state index in [4.69, 9.17) is 4.42 Å². The van der Waals surface area contributed by atoms with Gasteiger partial charge in [-0.15, -0.1) is 0 Å². The van der Waals surface area contributed by atoms with E-state index in [9.17, 15) is 18.0 Å². The van der Waals surface area contributed by atoms with E-state index in [2.05, 4.69) is 29.2 Å². The van der Waals surface area contributed by atoms with Crippen molar-refractivity contribution in [2.75, 3.05) is 6.54 Å². The van der Waals surface area contributed by atoms with Gasteiger partial charge < -0.3 is 9.32 Å². The van der Waals surface area contributed by atoms with Crippen molar-refractivity contribution in [3.05, 3.63) is 112 Å². The summed E-state index contributed by atoms with van der Waals surface area (Å²) in [6.45, 7) is 4.26. The molecule has 0 spiro atoms. The zero-order valence-corrected chi connectivity index (χ0v) is 20.0. The number of carbonyl (C=O) groups excluding carboxylic acids is 1. The highest BCUT2D eigenvalue weighted by atomic mass is 19.4. The summed E-state index contributed by atoms with van der Waals surface area (Å²) in [5, 5.41) is 0. The molecule has 36 heavy (non-hydrogen) atoms. The van der Waals surface area contributed by atoms with Crippen LogP contribution in [0.5, 0.6) is 0 Å². The minimum absolute atomic E-state index is 0.00117. The third kappa shape index (κ3) is 4.65. The summed E-state index contributed by atoms with van der Waals surface area (Å²) in [6.07, 6.45) is -3.72. The van der Waals surface area contributed by atoms with Crippen molar-refractivity contribution in [1.29, 1.82) is 0 Å². The number of benzene rings is 3. The Bertz CT molecular complexity index is 1410. The summed E-state index contributed by atoms with van der Waals surface area (Å²) < 4.78 is 45.1. The lowest BCUT2D eigenvalue weighted by Gasteiger charge is -2.38. The van der Waals surface area contributed by atoms with Gasteiger partial charge in [0.1, 0.15) is 5.76 Å². The van der Waals surface area contributed by atoms with Crippen LogP contribution in [0.25, 0.3) is 11.5 Å². The van der Waals surface area contributed by atoms with Crippen LogP contribution in [0.2, 0.25) is 0 Å². The van der Waals surface area contributed by atoms with Gasteiger partial charge in [0, 0.05) is 12.1 Å². The molecule has 2 heterocycles. The lowest BCUT2D eigenvalue weighted by molar-refractivity contribution is -0.137. The van der Waals surface area contributed by atoms with E-state index in [1.54, 1.807) is 6.92 Å². The molecule has 4 nitrogen and oxygen atoms in total. The molecule has 184 valence electrons. The molecule has 0 fully saturated rings. The van der Waals surface area contributed by atoms with Crippen molar-refractivity contribution in [3.63, 3.8) is 0 Å². The number of fused-ring (bicyclic) bond motifs is 1. The average molecular weight is 491 g/mol. The van der Waals surface area contributed by atoms with E-state index in [1.165, 1.54) is 17.7 Å². The Kier molecular flexibility index (Phi) is 6.16. The second kappa shape index (κ2) is 9.30. The maximum atomic E-state index is 13.6. The van der Waals surface area contributed by atoms with Crippen LogP contribution in [0.3, 0.4) is 0 Å². The Balaban J connectivity index is 1.44. The van der Waals surface area contributed by atoms with Crippen LogP contribution in [-0.2, 0) is 23.8 Å². The first-order chi connectivity index (χ1) is 17.2. The topological polar surface area (TPSA) is 46.3 Å². The van der Waals surface area contributed by atoms with E-state index in [0.29, 0.717) is 18.0 Å². The molecule has 1 unspecified atom stereocenters. The molecule has 1 atom stereocenters. The summed E-state index contributed by atoms with van der Waals surface area (Å²) in [5.41, 5.74) is 4.36. The van der Waals surface area contributed by atoms with Gasteiger partial charge in [-0.05, 0) is 55.2 Å². The number of alkyl halides is 3. The van der Waals surface area contributed by atoms with Crippen molar-refractivity contribution in [1.82, 2.24) is 9.88 Å². The molecular weight excluding hydrogens is 465 g/mol. The van der Waals surface area contributed by atoms with Crippen LogP contribution in [0.1, 0.15) is 45.3 Å². The van der Waals surface area contributed by atoms with E-state index in [1.807, 2.05) is 36.1 Å². The lowest BCUT2D eigenvalue weighted by atomic mass is 9.87. The molecule has 4 aromatic rings. The SMILES string of the molecule is Cc1ccc(C2c3ccccc3CCN2C(=O)Cc2nc(-c3cccc(C(F)(F)F)c3)oc2C)cc1. The molecule has 0 saturated carbocycles. The van der Waals surface area contributed by atoms with Crippen molar-refractivity contribution >= 4 is 5.91 Å². The Labute approximate surface area is 207 Å². The van der Waals surface area contributed by atoms with E-state index in [-0.39, 0.29) is 29.8 Å². The van der Waals surface area contributed by atoms with Crippen molar-refractivity contribution in [2.45, 2.75) is 38.9 Å². The van der Waals surface area contributed by atoms with E-state index >= 15 is 0 Å². The third-order valence-electron chi connectivity index (χ3n) is 6.65. The van der Waals surface area contributed by atoms with Gasteiger partial charge in [0.2, 0.25) is 11.8 Å². The molecule has 0 saturated heterocycles. The molecule has 7 heteroatoms. The zero-order valence-electron chi connectivity index (χ0n) is 20.0. The van der Waals surface area contributed by atoms with Crippen LogP contribution in [0, 0.1) is 13.8 Å². The Morgan fingerprint density at radius 2 is 1.78 bits per heavy atom. The number of hydrogen-bond donors (Lipinski definition) is 0. The highest BCUT2D eigenvalue weighted by molar-refractivity contribution is 5.80. The highest BCUT2D eigenvalue weighted by Gasteiger charge is 2.33. The monoisotopic (exact) mass is 490 g/mol. The first-order valence-corrected chi connectivity index (χ1v) is 11.8. The number of halogens is 3. The van der Waals surface area contributed by atoms with Gasteiger partial charge in [0.15, 0.2) is 0 Å². The average Bonchev–Trinajstić information content (AvgIpc) is 3.23. The van der Waals surface area contributed by atoms with Crippen molar-refractivity contribution in [2.24, 2.45) is 0 Å². The Hall–Kier alpha value is -3.87. The van der Waals surface area contributed by atoms with Gasteiger partial charge in [-0.1, -0.05) is 60.2 Å². The van der Waals surface area contributed by atoms with Gasteiger partial charge >= 0.3 is 6.18 Å². The molecule has 1 aliphatic rings. The number of aryl methyl sites for hydroxylation is 2. The molecule has 0 radical (unpaired) electrons. The lowest BCUT2D eigenvalue weighted by Crippen LogP contribution is -2.41. The van der Waals surface area contributed by atoms with Crippen molar-refractivity contribution in [3.8, 4) is 11.5 Å². The molecule has 1 aliphatic heterocycles. The fourth-order valence-corrected chi connectivity index (χ4v) is 4.73. The van der Waals surface area contributed by atoms with Gasteiger partial charge in [-0.3, -0.25) is 4.79 Å². The maximum absolute atomic E-state index is 13.6. The number of oxazole rings is 1. The number of aromatic nitrogens is 1. The zero-order chi connectivity index (χ0) is 25.4. The normalized spacial score (nSPS) is 15.6. The first-order valence-electron chi connectivity index (χ1n) is 11.8. The third-order valence-corrected chi connectivity index (χ3v) is 6.65. The summed E-state index contributed by atoms with van der Waals surface area (Å²) in [6, 6.07) is 21.0. The summed E-state index contributed by atoms with van der Waals surface area (Å²) in [4.78, 5) is 19.9. The van der Waals surface area contributed by atoms with E-state index < -0.39 is 11.7 Å². The van der Waals surface area contributed by atoms with Crippen LogP contribution in [0.4, 0.5) is 13.2 Å². The molecule has 5 rings (SSSR count). The number of amides is 1. The fraction of sp³-hybridized carbons (Fsp3) is 0.241. The summed E-state index contributed by atoms with van der Waals surface area (Å²) in [7, 11) is 0. The molecule has 1 amide bonds. The van der Waals surface area contributed by atoms with Crippen LogP contribution < -0.4 is 0 Å². The minimum Gasteiger partial charge on any atom is -0.441 e. The summed E-state index contributed by atoms with van der Waals surface area (Å²) >= 11 is 0.